The standard InChI is InChI=1S/C6H8O7.C5H10O5/c7-3(8)1-6(13,5(11)12)2-4(9)10;6-1-3(8)5(10)4(9)2-7/h13H,1-2H2,(H,7,8)(H,9,10)(H,11,12);1,3-5,7-10H,2H2/t;3-,4+,5+/m.0/s1. The highest BCUT2D eigenvalue weighted by Crippen LogP contribution is 2.15. The molecule has 0 spiro atoms. The van der Waals surface area contributed by atoms with Gasteiger partial charge in [-0.15, -0.1) is 0 Å². The summed E-state index contributed by atoms with van der Waals surface area (Å²) in [5.74, 6) is -5.02. The molecule has 0 aromatic rings. The SMILES string of the molecule is O=C(O)CC(O)(CC(=O)O)C(=O)O.O=C[C@H](O)[C@@H](O)[C@H](O)CO. The van der Waals surface area contributed by atoms with Gasteiger partial charge in [0.25, 0.3) is 0 Å². The third-order valence-electron chi connectivity index (χ3n) is 2.36. The molecule has 0 amide bonds. The minimum Gasteiger partial charge on any atom is -0.481 e. The fourth-order valence-corrected chi connectivity index (χ4v) is 1.13. The fourth-order valence-electron chi connectivity index (χ4n) is 1.13. The highest BCUT2D eigenvalue weighted by Gasteiger charge is 2.40. The van der Waals surface area contributed by atoms with Gasteiger partial charge in [-0.3, -0.25) is 9.59 Å². The van der Waals surface area contributed by atoms with Crippen LogP contribution in [0.3, 0.4) is 0 Å². The smallest absolute Gasteiger partial charge is 0.336 e. The molecule has 8 N–H and O–H groups in total. The first kappa shape index (κ1) is 23.2. The second-order valence-corrected chi connectivity index (χ2v) is 4.34. The topological polar surface area (TPSA) is 230 Å². The maximum Gasteiger partial charge on any atom is 0.336 e. The Kier molecular flexibility index (Phi) is 10.6. The molecule has 0 aromatic heterocycles. The van der Waals surface area contributed by atoms with Crippen LogP contribution in [0, 0.1) is 0 Å². The van der Waals surface area contributed by atoms with Crippen LogP contribution in [0.15, 0.2) is 0 Å². The summed E-state index contributed by atoms with van der Waals surface area (Å²) in [5, 5.41) is 67.9. The average Bonchev–Trinajstić information content (AvgIpc) is 2.43. The largest absolute Gasteiger partial charge is 0.481 e. The molecule has 134 valence electrons. The van der Waals surface area contributed by atoms with Crippen molar-refractivity contribution in [3.63, 3.8) is 0 Å². The number of hydrogen-bond donors (Lipinski definition) is 8. The molecule has 12 nitrogen and oxygen atoms in total. The molecule has 0 saturated carbocycles. The van der Waals surface area contributed by atoms with Gasteiger partial charge >= 0.3 is 17.9 Å². The fraction of sp³-hybridized carbons (Fsp3) is 0.636. The predicted octanol–water partition coefficient (Wildman–Crippen LogP) is -3.99. The van der Waals surface area contributed by atoms with Gasteiger partial charge < -0.3 is 45.6 Å². The molecular formula is C11H18O12. The van der Waals surface area contributed by atoms with Crippen LogP contribution in [0.5, 0.6) is 0 Å². The number of carboxylic acid groups (broad SMARTS) is 3. The lowest BCUT2D eigenvalue weighted by Gasteiger charge is -2.18. The summed E-state index contributed by atoms with van der Waals surface area (Å²) in [6, 6.07) is 0. The highest BCUT2D eigenvalue weighted by molar-refractivity contribution is 5.88. The van der Waals surface area contributed by atoms with Crippen LogP contribution in [-0.2, 0) is 19.2 Å². The van der Waals surface area contributed by atoms with Gasteiger partial charge in [0.2, 0.25) is 0 Å². The number of aliphatic carboxylic acids is 3. The van der Waals surface area contributed by atoms with Gasteiger partial charge in [-0.25, -0.2) is 4.79 Å². The summed E-state index contributed by atoms with van der Waals surface area (Å²) < 4.78 is 0. The van der Waals surface area contributed by atoms with E-state index in [9.17, 15) is 19.2 Å². The van der Waals surface area contributed by atoms with Gasteiger partial charge in [0.1, 0.15) is 18.3 Å². The van der Waals surface area contributed by atoms with E-state index in [-0.39, 0.29) is 6.29 Å². The summed E-state index contributed by atoms with van der Waals surface area (Å²) in [5.41, 5.74) is -2.74. The Morgan fingerprint density at radius 2 is 1.35 bits per heavy atom. The second-order valence-electron chi connectivity index (χ2n) is 4.34. The molecule has 0 radical (unpaired) electrons. The monoisotopic (exact) mass is 342 g/mol. The van der Waals surface area contributed by atoms with Gasteiger partial charge in [-0.2, -0.15) is 0 Å². The van der Waals surface area contributed by atoms with Gasteiger partial charge in [0.15, 0.2) is 11.9 Å². The van der Waals surface area contributed by atoms with Crippen molar-refractivity contribution >= 4 is 24.2 Å². The average molecular weight is 342 g/mol. The summed E-state index contributed by atoms with van der Waals surface area (Å²) in [6.07, 6.45) is -6.92. The molecule has 0 rings (SSSR count). The third kappa shape index (κ3) is 9.49. The van der Waals surface area contributed by atoms with Crippen LogP contribution in [0.1, 0.15) is 12.8 Å². The van der Waals surface area contributed by atoms with Crippen LogP contribution < -0.4 is 0 Å². The van der Waals surface area contributed by atoms with Crippen molar-refractivity contribution < 1.29 is 60.0 Å². The summed E-state index contributed by atoms with van der Waals surface area (Å²) in [7, 11) is 0. The zero-order valence-electron chi connectivity index (χ0n) is 11.6. The van der Waals surface area contributed by atoms with Crippen molar-refractivity contribution in [1.29, 1.82) is 0 Å². The molecule has 0 heterocycles. The zero-order chi connectivity index (χ0) is 18.8. The minimum atomic E-state index is -2.74. The number of carbonyl (C=O) groups excluding carboxylic acids is 1. The summed E-state index contributed by atoms with van der Waals surface area (Å²) in [4.78, 5) is 40.2. The first-order valence-electron chi connectivity index (χ1n) is 5.91. The molecule has 23 heavy (non-hydrogen) atoms. The number of aldehydes is 1. The normalized spacial score (nSPS) is 14.7. The lowest BCUT2D eigenvalue weighted by Crippen LogP contribution is -2.42. The highest BCUT2D eigenvalue weighted by atomic mass is 16.4. The Balaban J connectivity index is 0. The van der Waals surface area contributed by atoms with E-state index in [0.29, 0.717) is 0 Å². The minimum absolute atomic E-state index is 0.0869. The molecule has 0 saturated heterocycles. The van der Waals surface area contributed by atoms with Crippen molar-refractivity contribution in [2.24, 2.45) is 0 Å². The molecule has 0 aliphatic rings. The Hall–Kier alpha value is -2.12. The van der Waals surface area contributed by atoms with Crippen molar-refractivity contribution in [1.82, 2.24) is 0 Å². The molecule has 3 atom stereocenters. The number of carboxylic acids is 3. The van der Waals surface area contributed by atoms with Crippen molar-refractivity contribution in [2.45, 2.75) is 36.8 Å². The number of hydrogen-bond acceptors (Lipinski definition) is 9. The maximum atomic E-state index is 10.3. The molecule has 12 heteroatoms. The molecule has 0 bridgehead atoms. The Morgan fingerprint density at radius 3 is 1.57 bits per heavy atom. The number of carbonyl (C=O) groups is 4. The number of aliphatic hydroxyl groups is 5. The molecule has 0 aliphatic heterocycles. The maximum absolute atomic E-state index is 10.3. The quantitative estimate of drug-likeness (QED) is 0.187. The van der Waals surface area contributed by atoms with E-state index < -0.39 is 61.3 Å². The third-order valence-corrected chi connectivity index (χ3v) is 2.36. The molecule has 0 fully saturated rings. The van der Waals surface area contributed by atoms with Crippen LogP contribution in [-0.4, -0.2) is 95.6 Å². The number of aliphatic hydroxyl groups excluding tert-OH is 4. The van der Waals surface area contributed by atoms with E-state index in [4.69, 9.17) is 40.9 Å². The summed E-state index contributed by atoms with van der Waals surface area (Å²) >= 11 is 0. The van der Waals surface area contributed by atoms with Crippen LogP contribution in [0.25, 0.3) is 0 Å². The van der Waals surface area contributed by atoms with E-state index in [1.807, 2.05) is 0 Å². The van der Waals surface area contributed by atoms with Crippen LogP contribution in [0.4, 0.5) is 0 Å². The second kappa shape index (κ2) is 10.6. The van der Waals surface area contributed by atoms with Gasteiger partial charge in [-0.05, 0) is 0 Å². The summed E-state index contributed by atoms with van der Waals surface area (Å²) in [6.45, 7) is -0.688. The van der Waals surface area contributed by atoms with Crippen LogP contribution >= 0.6 is 0 Å². The first-order chi connectivity index (χ1) is 10.4. The Bertz CT molecular complexity index is 403. The van der Waals surface area contributed by atoms with Crippen molar-refractivity contribution in [3.8, 4) is 0 Å². The Morgan fingerprint density at radius 1 is 0.957 bits per heavy atom. The number of rotatable bonds is 9. The molecule has 0 aromatic carbocycles. The predicted molar refractivity (Wildman–Crippen MR) is 68.3 cm³/mol. The van der Waals surface area contributed by atoms with E-state index >= 15 is 0 Å². The van der Waals surface area contributed by atoms with Gasteiger partial charge in [-0.1, -0.05) is 0 Å². The van der Waals surface area contributed by atoms with Crippen molar-refractivity contribution in [3.05, 3.63) is 0 Å². The lowest BCUT2D eigenvalue weighted by atomic mass is 9.96. The van der Waals surface area contributed by atoms with Gasteiger partial charge in [0.05, 0.1) is 19.4 Å². The molecular weight excluding hydrogens is 324 g/mol. The van der Waals surface area contributed by atoms with E-state index in [0.717, 1.165) is 0 Å². The van der Waals surface area contributed by atoms with E-state index in [1.54, 1.807) is 0 Å². The van der Waals surface area contributed by atoms with E-state index in [2.05, 4.69) is 0 Å². The molecule has 0 unspecified atom stereocenters. The van der Waals surface area contributed by atoms with E-state index in [1.165, 1.54) is 0 Å². The van der Waals surface area contributed by atoms with Gasteiger partial charge in [0, 0.05) is 0 Å². The first-order valence-corrected chi connectivity index (χ1v) is 5.91. The Labute approximate surface area is 128 Å². The molecule has 0 aliphatic carbocycles. The van der Waals surface area contributed by atoms with Crippen LogP contribution in [0.2, 0.25) is 0 Å². The van der Waals surface area contributed by atoms with Crippen molar-refractivity contribution in [2.75, 3.05) is 6.61 Å². The lowest BCUT2D eigenvalue weighted by molar-refractivity contribution is -0.170. The zero-order valence-corrected chi connectivity index (χ0v) is 11.6.